The van der Waals surface area contributed by atoms with Gasteiger partial charge < -0.3 is 14.8 Å². The number of amides is 1. The van der Waals surface area contributed by atoms with E-state index in [9.17, 15) is 9.59 Å². The van der Waals surface area contributed by atoms with Crippen LogP contribution >= 0.6 is 11.8 Å². The zero-order chi connectivity index (χ0) is 18.9. The number of aryl methyl sites for hydroxylation is 2. The van der Waals surface area contributed by atoms with Gasteiger partial charge in [0, 0.05) is 4.90 Å². The van der Waals surface area contributed by atoms with Crippen LogP contribution < -0.4 is 10.1 Å². The highest BCUT2D eigenvalue weighted by molar-refractivity contribution is 8.00. The summed E-state index contributed by atoms with van der Waals surface area (Å²) in [5, 5.41) is 2.69. The second kappa shape index (κ2) is 9.87. The second-order valence-corrected chi connectivity index (χ2v) is 6.71. The number of hydrogen-bond donors (Lipinski definition) is 1. The Kier molecular flexibility index (Phi) is 7.53. The lowest BCUT2D eigenvalue weighted by Gasteiger charge is -2.11. The quantitative estimate of drug-likeness (QED) is 0.560. The molecule has 0 unspecified atom stereocenters. The molecule has 0 spiro atoms. The molecule has 2 aromatic carbocycles. The second-order valence-electron chi connectivity index (χ2n) is 5.70. The molecule has 0 heterocycles. The van der Waals surface area contributed by atoms with Gasteiger partial charge in [0.05, 0.1) is 18.0 Å². The van der Waals surface area contributed by atoms with E-state index in [1.807, 2.05) is 39.0 Å². The van der Waals surface area contributed by atoms with E-state index in [2.05, 4.69) is 11.4 Å². The number of nitrogens with one attached hydrogen (secondary N) is 1. The molecule has 0 fully saturated rings. The monoisotopic (exact) mass is 373 g/mol. The predicted molar refractivity (Wildman–Crippen MR) is 104 cm³/mol. The molecule has 0 aliphatic heterocycles. The highest BCUT2D eigenvalue weighted by Gasteiger charge is 2.11. The Bertz CT molecular complexity index is 776. The molecule has 6 heteroatoms. The number of hydrogen-bond acceptors (Lipinski definition) is 5. The summed E-state index contributed by atoms with van der Waals surface area (Å²) in [6.07, 6.45) is 0. The maximum Gasteiger partial charge on any atom is 0.316 e. The summed E-state index contributed by atoms with van der Waals surface area (Å²) >= 11 is 1.40. The summed E-state index contributed by atoms with van der Waals surface area (Å²) in [7, 11) is 0. The first-order valence-corrected chi connectivity index (χ1v) is 9.35. The third-order valence-corrected chi connectivity index (χ3v) is 4.65. The zero-order valence-electron chi connectivity index (χ0n) is 15.2. The van der Waals surface area contributed by atoms with E-state index < -0.39 is 11.9 Å². The van der Waals surface area contributed by atoms with Gasteiger partial charge in [0.25, 0.3) is 5.91 Å². The SMILES string of the molecule is CCOc1ccccc1NC(=O)COC(=O)CSc1ccc(C)cc1C. The van der Waals surface area contributed by atoms with Crippen molar-refractivity contribution in [1.82, 2.24) is 0 Å². The van der Waals surface area contributed by atoms with E-state index in [0.717, 1.165) is 10.5 Å². The van der Waals surface area contributed by atoms with Gasteiger partial charge in [-0.25, -0.2) is 0 Å². The van der Waals surface area contributed by atoms with Crippen molar-refractivity contribution < 1.29 is 19.1 Å². The molecule has 138 valence electrons. The Morgan fingerprint density at radius 2 is 1.88 bits per heavy atom. The van der Waals surface area contributed by atoms with Crippen LogP contribution in [0.4, 0.5) is 5.69 Å². The smallest absolute Gasteiger partial charge is 0.316 e. The number of rotatable bonds is 8. The van der Waals surface area contributed by atoms with Crippen molar-refractivity contribution in [2.75, 3.05) is 24.3 Å². The molecule has 0 saturated carbocycles. The van der Waals surface area contributed by atoms with Gasteiger partial charge in [0.15, 0.2) is 6.61 Å². The fourth-order valence-corrected chi connectivity index (χ4v) is 3.13. The van der Waals surface area contributed by atoms with Crippen molar-refractivity contribution in [1.29, 1.82) is 0 Å². The van der Waals surface area contributed by atoms with E-state index in [0.29, 0.717) is 18.0 Å². The molecule has 1 amide bonds. The number of carbonyl (C=O) groups excluding carboxylic acids is 2. The highest BCUT2D eigenvalue weighted by Crippen LogP contribution is 2.24. The molecular weight excluding hydrogens is 350 g/mol. The maximum absolute atomic E-state index is 12.0. The molecule has 0 aliphatic rings. The molecule has 2 rings (SSSR count). The van der Waals surface area contributed by atoms with Gasteiger partial charge in [0.2, 0.25) is 0 Å². The lowest BCUT2D eigenvalue weighted by Crippen LogP contribution is -2.22. The zero-order valence-corrected chi connectivity index (χ0v) is 16.0. The topological polar surface area (TPSA) is 64.6 Å². The molecular formula is C20H23NO4S. The number of ether oxygens (including phenoxy) is 2. The number of para-hydroxylation sites is 2. The number of carbonyl (C=O) groups is 2. The lowest BCUT2D eigenvalue weighted by molar-refractivity contribution is -0.144. The van der Waals surface area contributed by atoms with Crippen LogP contribution in [0, 0.1) is 13.8 Å². The molecule has 0 aliphatic carbocycles. The molecule has 26 heavy (non-hydrogen) atoms. The van der Waals surface area contributed by atoms with Crippen LogP contribution in [0.5, 0.6) is 5.75 Å². The molecule has 2 aromatic rings. The fraction of sp³-hybridized carbons (Fsp3) is 0.300. The molecule has 5 nitrogen and oxygen atoms in total. The third kappa shape index (κ3) is 6.11. The molecule has 0 saturated heterocycles. The van der Waals surface area contributed by atoms with E-state index in [-0.39, 0.29) is 12.4 Å². The van der Waals surface area contributed by atoms with Crippen molar-refractivity contribution >= 4 is 29.3 Å². The van der Waals surface area contributed by atoms with Crippen molar-refractivity contribution in [3.63, 3.8) is 0 Å². The molecule has 0 aromatic heterocycles. The van der Waals surface area contributed by atoms with Gasteiger partial charge >= 0.3 is 5.97 Å². The summed E-state index contributed by atoms with van der Waals surface area (Å²) in [6, 6.07) is 13.2. The Labute approximate surface area is 158 Å². The largest absolute Gasteiger partial charge is 0.492 e. The van der Waals surface area contributed by atoms with Crippen molar-refractivity contribution in [2.24, 2.45) is 0 Å². The Balaban J connectivity index is 1.79. The van der Waals surface area contributed by atoms with Crippen LogP contribution in [0.25, 0.3) is 0 Å². The third-order valence-electron chi connectivity index (χ3n) is 3.50. The molecule has 0 bridgehead atoms. The van der Waals surface area contributed by atoms with Crippen molar-refractivity contribution in [2.45, 2.75) is 25.7 Å². The first kappa shape index (κ1) is 19.8. The van der Waals surface area contributed by atoms with Crippen LogP contribution in [0.15, 0.2) is 47.4 Å². The van der Waals surface area contributed by atoms with Gasteiger partial charge in [-0.1, -0.05) is 29.8 Å². The predicted octanol–water partition coefficient (Wildman–Crippen LogP) is 3.98. The number of anilines is 1. The Morgan fingerprint density at radius 3 is 2.62 bits per heavy atom. The van der Waals surface area contributed by atoms with Crippen molar-refractivity contribution in [3.05, 3.63) is 53.6 Å². The minimum Gasteiger partial charge on any atom is -0.492 e. The average Bonchev–Trinajstić information content (AvgIpc) is 2.61. The molecule has 1 N–H and O–H groups in total. The summed E-state index contributed by atoms with van der Waals surface area (Å²) in [5.74, 6) is -0.0856. The first-order valence-electron chi connectivity index (χ1n) is 8.37. The van der Waals surface area contributed by atoms with E-state index in [1.165, 1.54) is 17.3 Å². The first-order chi connectivity index (χ1) is 12.5. The van der Waals surface area contributed by atoms with Gasteiger partial charge in [-0.3, -0.25) is 9.59 Å². The summed E-state index contributed by atoms with van der Waals surface area (Å²) < 4.78 is 10.5. The van der Waals surface area contributed by atoms with E-state index >= 15 is 0 Å². The minimum atomic E-state index is -0.428. The van der Waals surface area contributed by atoms with Crippen LogP contribution in [0.2, 0.25) is 0 Å². The van der Waals surface area contributed by atoms with Gasteiger partial charge in [0.1, 0.15) is 5.75 Å². The summed E-state index contributed by atoms with van der Waals surface area (Å²) in [5.41, 5.74) is 2.85. The van der Waals surface area contributed by atoms with E-state index in [4.69, 9.17) is 9.47 Å². The number of esters is 1. The standard InChI is InChI=1S/C20H23NO4S/c1-4-24-17-8-6-5-7-16(17)21-19(22)12-25-20(23)13-26-18-10-9-14(2)11-15(18)3/h5-11H,4,12-13H2,1-3H3,(H,21,22). The maximum atomic E-state index is 12.0. The summed E-state index contributed by atoms with van der Waals surface area (Å²) in [6.45, 7) is 6.07. The minimum absolute atomic E-state index is 0.159. The van der Waals surface area contributed by atoms with Crippen LogP contribution in [0.1, 0.15) is 18.1 Å². The Morgan fingerprint density at radius 1 is 1.12 bits per heavy atom. The van der Waals surface area contributed by atoms with Crippen LogP contribution in [0.3, 0.4) is 0 Å². The lowest BCUT2D eigenvalue weighted by atomic mass is 10.2. The number of thioether (sulfide) groups is 1. The summed E-state index contributed by atoms with van der Waals surface area (Å²) in [4.78, 5) is 24.9. The van der Waals surface area contributed by atoms with Gasteiger partial charge in [-0.15, -0.1) is 11.8 Å². The normalized spacial score (nSPS) is 10.3. The molecule has 0 radical (unpaired) electrons. The van der Waals surface area contributed by atoms with Gasteiger partial charge in [-0.05, 0) is 44.5 Å². The number of benzene rings is 2. The highest BCUT2D eigenvalue weighted by atomic mass is 32.2. The average molecular weight is 373 g/mol. The fourth-order valence-electron chi connectivity index (χ4n) is 2.32. The Hall–Kier alpha value is -2.47. The van der Waals surface area contributed by atoms with Crippen LogP contribution in [-0.2, 0) is 14.3 Å². The van der Waals surface area contributed by atoms with Crippen LogP contribution in [-0.4, -0.2) is 30.8 Å². The van der Waals surface area contributed by atoms with E-state index in [1.54, 1.807) is 18.2 Å². The van der Waals surface area contributed by atoms with Crippen molar-refractivity contribution in [3.8, 4) is 5.75 Å². The van der Waals surface area contributed by atoms with Gasteiger partial charge in [-0.2, -0.15) is 0 Å². The molecule has 0 atom stereocenters.